The van der Waals surface area contributed by atoms with Crippen LogP contribution in [0.5, 0.6) is 23.0 Å². The Morgan fingerprint density at radius 2 is 1.61 bits per heavy atom. The molecule has 0 bridgehead atoms. The minimum atomic E-state index is -0.532. The Morgan fingerprint density at radius 3 is 2.27 bits per heavy atom. The molecule has 0 atom stereocenters. The number of fused-ring (bicyclic) bond motifs is 1. The van der Waals surface area contributed by atoms with E-state index in [9.17, 15) is 9.90 Å². The molecule has 0 saturated carbocycles. The van der Waals surface area contributed by atoms with Gasteiger partial charge in [0.1, 0.15) is 22.8 Å². The van der Waals surface area contributed by atoms with Gasteiger partial charge in [0.05, 0.1) is 32.3 Å². The Morgan fingerprint density at radius 1 is 0.879 bits per heavy atom. The summed E-state index contributed by atoms with van der Waals surface area (Å²) in [7, 11) is 4.67. The van der Waals surface area contributed by atoms with Crippen LogP contribution in [0.15, 0.2) is 68.3 Å². The van der Waals surface area contributed by atoms with E-state index in [1.807, 2.05) is 36.4 Å². The molecule has 0 unspecified atom stereocenters. The van der Waals surface area contributed by atoms with Gasteiger partial charge >= 0.3 is 0 Å². The summed E-state index contributed by atoms with van der Waals surface area (Å²) in [6, 6.07) is 16.1. The summed E-state index contributed by atoms with van der Waals surface area (Å²) >= 11 is 3.34. The topological polar surface area (TPSA) is 78.1 Å². The van der Waals surface area contributed by atoms with Crippen LogP contribution in [0, 0.1) is 0 Å². The minimum absolute atomic E-state index is 0.0173. The standard InChI is InChI=1S/C26H21BrO6/c1-30-18-9-5-15(6-10-18)4-7-16-12-19(31-2)14-22(32-3)23(16)26-25(29)24(28)20-13-17(27)8-11-21(20)33-26/h4-14,29H,1-3H3/b7-4+. The highest BCUT2D eigenvalue weighted by molar-refractivity contribution is 9.10. The second kappa shape index (κ2) is 9.42. The molecule has 0 radical (unpaired) electrons. The van der Waals surface area contributed by atoms with E-state index in [0.29, 0.717) is 32.7 Å². The molecule has 1 aromatic heterocycles. The zero-order valence-electron chi connectivity index (χ0n) is 18.2. The second-order valence-electron chi connectivity index (χ2n) is 7.15. The summed E-state index contributed by atoms with van der Waals surface area (Å²) in [4.78, 5) is 12.9. The van der Waals surface area contributed by atoms with Gasteiger partial charge in [0.15, 0.2) is 5.76 Å². The van der Waals surface area contributed by atoms with Gasteiger partial charge in [0.25, 0.3) is 0 Å². The molecule has 168 valence electrons. The highest BCUT2D eigenvalue weighted by Crippen LogP contribution is 2.42. The number of ether oxygens (including phenoxy) is 3. The summed E-state index contributed by atoms with van der Waals surface area (Å²) in [5, 5.41) is 11.1. The normalized spacial score (nSPS) is 11.2. The smallest absolute Gasteiger partial charge is 0.235 e. The van der Waals surface area contributed by atoms with Gasteiger partial charge in [0.2, 0.25) is 11.2 Å². The summed E-state index contributed by atoms with van der Waals surface area (Å²) in [5.41, 5.74) is 1.81. The fourth-order valence-corrected chi connectivity index (χ4v) is 3.85. The van der Waals surface area contributed by atoms with E-state index in [1.54, 1.807) is 44.6 Å². The van der Waals surface area contributed by atoms with E-state index in [2.05, 4.69) is 15.9 Å². The highest BCUT2D eigenvalue weighted by atomic mass is 79.9. The summed E-state index contributed by atoms with van der Waals surface area (Å²) < 4.78 is 22.9. The van der Waals surface area contributed by atoms with Crippen LogP contribution in [0.1, 0.15) is 11.1 Å². The first-order chi connectivity index (χ1) is 15.9. The van der Waals surface area contributed by atoms with E-state index in [4.69, 9.17) is 18.6 Å². The van der Waals surface area contributed by atoms with E-state index in [-0.39, 0.29) is 11.1 Å². The number of methoxy groups -OCH3 is 3. The van der Waals surface area contributed by atoms with Gasteiger partial charge in [0, 0.05) is 10.5 Å². The molecular formula is C26H21BrO6. The highest BCUT2D eigenvalue weighted by Gasteiger charge is 2.22. The van der Waals surface area contributed by atoms with E-state index < -0.39 is 11.2 Å². The van der Waals surface area contributed by atoms with Crippen molar-refractivity contribution in [2.45, 2.75) is 0 Å². The van der Waals surface area contributed by atoms with E-state index in [1.165, 1.54) is 7.11 Å². The van der Waals surface area contributed by atoms with Gasteiger partial charge in [-0.3, -0.25) is 4.79 Å². The van der Waals surface area contributed by atoms with Crippen LogP contribution in [-0.2, 0) is 0 Å². The van der Waals surface area contributed by atoms with Crippen LogP contribution in [0.3, 0.4) is 0 Å². The van der Waals surface area contributed by atoms with Crippen molar-refractivity contribution in [1.82, 2.24) is 0 Å². The van der Waals surface area contributed by atoms with Gasteiger partial charge in [-0.05, 0) is 47.5 Å². The number of rotatable bonds is 6. The van der Waals surface area contributed by atoms with E-state index in [0.717, 1.165) is 11.3 Å². The largest absolute Gasteiger partial charge is 0.502 e. The van der Waals surface area contributed by atoms with Crippen LogP contribution < -0.4 is 19.6 Å². The van der Waals surface area contributed by atoms with Crippen molar-refractivity contribution in [2.75, 3.05) is 21.3 Å². The molecule has 4 rings (SSSR count). The zero-order chi connectivity index (χ0) is 23.5. The van der Waals surface area contributed by atoms with Crippen LogP contribution in [-0.4, -0.2) is 26.4 Å². The monoisotopic (exact) mass is 508 g/mol. The predicted molar refractivity (Wildman–Crippen MR) is 132 cm³/mol. The van der Waals surface area contributed by atoms with Gasteiger partial charge in [-0.25, -0.2) is 0 Å². The molecular weight excluding hydrogens is 488 g/mol. The van der Waals surface area contributed by atoms with Gasteiger partial charge in [-0.15, -0.1) is 0 Å². The number of benzene rings is 3. The SMILES string of the molecule is COc1ccc(/C=C/c2cc(OC)cc(OC)c2-c2oc3ccc(Br)cc3c(=O)c2O)cc1. The molecule has 1 heterocycles. The minimum Gasteiger partial charge on any atom is -0.502 e. The molecule has 7 heteroatoms. The summed E-state index contributed by atoms with van der Waals surface area (Å²) in [6.07, 6.45) is 3.73. The molecule has 0 aliphatic rings. The lowest BCUT2D eigenvalue weighted by molar-refractivity contribution is 0.393. The first-order valence-corrected chi connectivity index (χ1v) is 10.8. The van der Waals surface area contributed by atoms with Crippen molar-refractivity contribution < 1.29 is 23.7 Å². The molecule has 3 aromatic carbocycles. The number of halogens is 1. The molecule has 0 saturated heterocycles. The maximum atomic E-state index is 12.9. The van der Waals surface area contributed by atoms with Crippen LogP contribution in [0.4, 0.5) is 0 Å². The van der Waals surface area contributed by atoms with Crippen LogP contribution >= 0.6 is 15.9 Å². The van der Waals surface area contributed by atoms with Gasteiger partial charge < -0.3 is 23.7 Å². The molecule has 1 N–H and O–H groups in total. The lowest BCUT2D eigenvalue weighted by Crippen LogP contribution is -2.04. The first-order valence-electron chi connectivity index (χ1n) is 9.99. The molecule has 4 aromatic rings. The Bertz CT molecular complexity index is 1400. The third-order valence-corrected chi connectivity index (χ3v) is 5.68. The average molecular weight is 509 g/mol. The Balaban J connectivity index is 1.94. The van der Waals surface area contributed by atoms with Crippen molar-refractivity contribution in [3.8, 4) is 34.3 Å². The Labute approximate surface area is 198 Å². The molecule has 0 fully saturated rings. The fourth-order valence-electron chi connectivity index (χ4n) is 3.49. The molecule has 0 aliphatic carbocycles. The van der Waals surface area contributed by atoms with E-state index >= 15 is 0 Å². The number of hydrogen-bond donors (Lipinski definition) is 1. The van der Waals surface area contributed by atoms with Crippen molar-refractivity contribution in [3.05, 3.63) is 80.4 Å². The van der Waals surface area contributed by atoms with Crippen molar-refractivity contribution in [2.24, 2.45) is 0 Å². The Hall–Kier alpha value is -3.71. The second-order valence-corrected chi connectivity index (χ2v) is 8.07. The molecule has 0 amide bonds. The van der Waals surface area contributed by atoms with Crippen molar-refractivity contribution in [3.63, 3.8) is 0 Å². The molecule has 0 spiro atoms. The fraction of sp³-hybridized carbons (Fsp3) is 0.115. The summed E-state index contributed by atoms with van der Waals surface area (Å²) in [5.74, 6) is 1.22. The van der Waals surface area contributed by atoms with Gasteiger partial charge in [-0.1, -0.05) is 40.2 Å². The van der Waals surface area contributed by atoms with Crippen molar-refractivity contribution >= 4 is 39.1 Å². The number of aromatic hydroxyl groups is 1. The number of hydrogen-bond acceptors (Lipinski definition) is 6. The third kappa shape index (κ3) is 4.45. The zero-order valence-corrected chi connectivity index (χ0v) is 19.8. The maximum Gasteiger partial charge on any atom is 0.235 e. The molecule has 0 aliphatic heterocycles. The molecule has 33 heavy (non-hydrogen) atoms. The lowest BCUT2D eigenvalue weighted by atomic mass is 10.00. The predicted octanol–water partition coefficient (Wildman–Crippen LogP) is 6.12. The third-order valence-electron chi connectivity index (χ3n) is 5.19. The lowest BCUT2D eigenvalue weighted by Gasteiger charge is -2.15. The summed E-state index contributed by atoms with van der Waals surface area (Å²) in [6.45, 7) is 0. The van der Waals surface area contributed by atoms with Gasteiger partial charge in [-0.2, -0.15) is 0 Å². The first kappa shape index (κ1) is 22.5. The quantitative estimate of drug-likeness (QED) is 0.316. The average Bonchev–Trinajstić information content (AvgIpc) is 2.85. The molecule has 6 nitrogen and oxygen atoms in total. The van der Waals surface area contributed by atoms with Crippen molar-refractivity contribution in [1.29, 1.82) is 0 Å². The Kier molecular flexibility index (Phi) is 6.42. The van der Waals surface area contributed by atoms with Crippen LogP contribution in [0.25, 0.3) is 34.4 Å². The van der Waals surface area contributed by atoms with Crippen LogP contribution in [0.2, 0.25) is 0 Å². The maximum absolute atomic E-state index is 12.9.